The van der Waals surface area contributed by atoms with Gasteiger partial charge in [0.25, 0.3) is 0 Å². The average Bonchev–Trinajstić information content (AvgIpc) is 2.28. The quantitative estimate of drug-likeness (QED) is 0.757. The van der Waals surface area contributed by atoms with Gasteiger partial charge in [-0.3, -0.25) is 0 Å². The van der Waals surface area contributed by atoms with Crippen LogP contribution in [0.2, 0.25) is 0 Å². The Morgan fingerprint density at radius 2 is 1.50 bits per heavy atom. The van der Waals surface area contributed by atoms with Gasteiger partial charge in [-0.05, 0) is 0 Å². The van der Waals surface area contributed by atoms with Crippen LogP contribution in [0, 0.1) is 5.92 Å². The van der Waals surface area contributed by atoms with Crippen LogP contribution in [0.4, 0.5) is 0 Å². The molecule has 0 amide bonds. The molecule has 0 aromatic carbocycles. The molecule has 0 spiro atoms. The van der Waals surface area contributed by atoms with E-state index in [1.807, 2.05) is 0 Å². The van der Waals surface area contributed by atoms with Gasteiger partial charge < -0.3 is 0 Å². The Hall–Kier alpha value is 0.773. The summed E-state index contributed by atoms with van der Waals surface area (Å²) in [6.07, 6.45) is 0. The summed E-state index contributed by atoms with van der Waals surface area (Å²) in [5.41, 5.74) is 4.77. The number of nitrogens with one attached hydrogen (secondary N) is 1. The van der Waals surface area contributed by atoms with E-state index in [2.05, 4.69) is 55.9 Å². The molecule has 0 radical (unpaired) electrons. The van der Waals surface area contributed by atoms with E-state index in [4.69, 9.17) is 0 Å². The maximum atomic E-state index is 4.48. The minimum atomic E-state index is -1.84. The summed E-state index contributed by atoms with van der Waals surface area (Å²) in [7, 11) is 0. The zero-order chi connectivity index (χ0) is 12.7. The fourth-order valence-electron chi connectivity index (χ4n) is 2.37. The molecule has 1 aliphatic rings. The molecule has 106 valence electrons. The van der Waals surface area contributed by atoms with E-state index in [9.17, 15) is 0 Å². The molecule has 1 atom stereocenters. The maximum absolute atomic E-state index is 4.48. The predicted molar refractivity (Wildman–Crippen MR) is 84.7 cm³/mol. The number of hydrogen-bond donors (Lipinski definition) is 1. The third-order valence-electron chi connectivity index (χ3n) is 3.49. The second kappa shape index (κ2) is 7.53. The van der Waals surface area contributed by atoms with Crippen molar-refractivity contribution in [3.05, 3.63) is 20.0 Å². The molecule has 0 aromatic rings. The Balaban J connectivity index is 0. The zero-order valence-electron chi connectivity index (χ0n) is 12.6. The molecule has 0 saturated carbocycles. The predicted octanol–water partition coefficient (Wildman–Crippen LogP) is 4.44. The molecular weight excluding hydrogens is 344 g/mol. The van der Waals surface area contributed by atoms with Gasteiger partial charge >= 0.3 is 109 Å². The van der Waals surface area contributed by atoms with Gasteiger partial charge in [-0.2, -0.15) is 0 Å². The zero-order valence-corrected chi connectivity index (χ0v) is 16.7. The van der Waals surface area contributed by atoms with E-state index in [0.29, 0.717) is 5.92 Å². The van der Waals surface area contributed by atoms with Crippen molar-refractivity contribution in [1.82, 2.24) is 3.26 Å². The Morgan fingerprint density at radius 1 is 1.06 bits per heavy atom. The van der Waals surface area contributed by atoms with Crippen molar-refractivity contribution < 1.29 is 21.6 Å². The standard InChI is InChI=1S/C9H13.C4H10N.CH2.2ClH.Zr/c1-6-5-7(2)9(4)8(6)3;1-4(2,3)5;;;;/h6H,1-4H3;5H,1-3H3;1H2;2*1H;/q;-1;;;;+1. The van der Waals surface area contributed by atoms with E-state index in [1.165, 1.54) is 11.1 Å². The van der Waals surface area contributed by atoms with Crippen LogP contribution in [-0.2, 0) is 21.6 Å². The topological polar surface area (TPSA) is 12.0 Å². The van der Waals surface area contributed by atoms with E-state index in [1.54, 1.807) is 8.85 Å². The van der Waals surface area contributed by atoms with E-state index in [-0.39, 0.29) is 30.4 Å². The summed E-state index contributed by atoms with van der Waals surface area (Å²) in [6, 6.07) is 0. The Morgan fingerprint density at radius 3 is 1.78 bits per heavy atom. The third-order valence-corrected chi connectivity index (χ3v) is 9.66. The first-order valence-electron chi connectivity index (χ1n) is 6.01. The third kappa shape index (κ3) is 4.71. The molecule has 1 rings (SSSR count). The van der Waals surface area contributed by atoms with E-state index < -0.39 is 21.6 Å². The number of allylic oxidation sites excluding steroid dienone is 4. The first-order valence-corrected chi connectivity index (χ1v) is 10.2. The van der Waals surface area contributed by atoms with Crippen molar-refractivity contribution in [2.45, 2.75) is 54.0 Å². The Bertz CT molecular complexity index is 389. The summed E-state index contributed by atoms with van der Waals surface area (Å²) in [4.78, 5) is 0. The summed E-state index contributed by atoms with van der Waals surface area (Å²) >= 11 is -1.84. The van der Waals surface area contributed by atoms with Crippen molar-refractivity contribution in [3.63, 3.8) is 0 Å². The fraction of sp³-hybridized carbons (Fsp3) is 0.643. The molecule has 0 saturated heterocycles. The van der Waals surface area contributed by atoms with E-state index >= 15 is 0 Å². The summed E-state index contributed by atoms with van der Waals surface area (Å²) in [5.74, 6) is 0.627. The van der Waals surface area contributed by atoms with Crippen LogP contribution in [-0.4, -0.2) is 9.75 Å². The Labute approximate surface area is 133 Å². The van der Waals surface area contributed by atoms with Gasteiger partial charge in [0.15, 0.2) is 0 Å². The van der Waals surface area contributed by atoms with Gasteiger partial charge in [-0.25, -0.2) is 0 Å². The van der Waals surface area contributed by atoms with Crippen LogP contribution in [0.1, 0.15) is 48.5 Å². The van der Waals surface area contributed by atoms with Gasteiger partial charge in [0, 0.05) is 0 Å². The molecule has 0 heterocycles. The monoisotopic (exact) mass is 369 g/mol. The van der Waals surface area contributed by atoms with Crippen molar-refractivity contribution in [3.8, 4) is 0 Å². The van der Waals surface area contributed by atoms with Crippen LogP contribution in [0.15, 0.2) is 20.0 Å². The molecule has 18 heavy (non-hydrogen) atoms. The Kier molecular flexibility index (Phi) is 8.81. The second-order valence-corrected chi connectivity index (χ2v) is 10.2. The van der Waals surface area contributed by atoms with Crippen molar-refractivity contribution in [2.24, 2.45) is 5.92 Å². The van der Waals surface area contributed by atoms with Gasteiger partial charge in [0.1, 0.15) is 0 Å². The van der Waals surface area contributed by atoms with Gasteiger partial charge in [-0.15, -0.1) is 24.8 Å². The van der Waals surface area contributed by atoms with Crippen LogP contribution in [0.5, 0.6) is 0 Å². The number of halogens is 2. The normalized spacial score (nSPS) is 19.6. The molecule has 0 fully saturated rings. The molecule has 1 nitrogen and oxygen atoms in total. The SMILES string of the molecule is Cl.Cl.[CH2]=[Zr]([NH]C(C)(C)C)[C]1=C(C)C(C)=C(C)C1C. The fourth-order valence-corrected chi connectivity index (χ4v) is 8.32. The molecule has 0 aliphatic heterocycles. The summed E-state index contributed by atoms with van der Waals surface area (Å²) < 4.78 is 9.90. The van der Waals surface area contributed by atoms with Crippen LogP contribution < -0.4 is 3.26 Å². The van der Waals surface area contributed by atoms with Gasteiger partial charge in [0.05, 0.1) is 0 Å². The second-order valence-electron chi connectivity index (χ2n) is 5.92. The number of hydrogen-bond acceptors (Lipinski definition) is 1. The molecule has 4 heteroatoms. The summed E-state index contributed by atoms with van der Waals surface area (Å²) in [6.45, 7) is 15.8. The molecule has 0 bridgehead atoms. The van der Waals surface area contributed by atoms with E-state index in [0.717, 1.165) is 0 Å². The van der Waals surface area contributed by atoms with Crippen LogP contribution in [0.25, 0.3) is 0 Å². The van der Waals surface area contributed by atoms with Crippen LogP contribution >= 0.6 is 24.8 Å². The van der Waals surface area contributed by atoms with Gasteiger partial charge in [-0.1, -0.05) is 0 Å². The molecule has 1 N–H and O–H groups in total. The first-order chi connectivity index (χ1) is 7.15. The molecule has 1 aliphatic carbocycles. The molecule has 0 aromatic heterocycles. The van der Waals surface area contributed by atoms with Crippen molar-refractivity contribution in [2.75, 3.05) is 0 Å². The molecule has 1 unspecified atom stereocenters. The average molecular weight is 372 g/mol. The summed E-state index contributed by atoms with van der Waals surface area (Å²) in [5, 5.41) is 0. The molecular formula is C14H27Cl2NZr. The van der Waals surface area contributed by atoms with Gasteiger partial charge in [0.2, 0.25) is 0 Å². The van der Waals surface area contributed by atoms with Crippen molar-refractivity contribution in [1.29, 1.82) is 0 Å². The minimum absolute atomic E-state index is 0. The number of rotatable bonds is 2. The first kappa shape index (κ1) is 21.1. The van der Waals surface area contributed by atoms with Crippen molar-refractivity contribution >= 4 is 29.0 Å². The van der Waals surface area contributed by atoms with Crippen LogP contribution in [0.3, 0.4) is 0 Å².